The Morgan fingerprint density at radius 3 is 2.33 bits per heavy atom. The second kappa shape index (κ2) is 6.34. The van der Waals surface area contributed by atoms with Crippen LogP contribution in [0, 0.1) is 0 Å². The van der Waals surface area contributed by atoms with Crippen LogP contribution in [0.4, 0.5) is 0 Å². The quantitative estimate of drug-likeness (QED) is 0.803. The molecule has 3 heterocycles. The summed E-state index contributed by atoms with van der Waals surface area (Å²) in [5.74, 6) is -3.66. The molecule has 3 aliphatic rings. The van der Waals surface area contributed by atoms with Gasteiger partial charge in [0.1, 0.15) is 24.4 Å². The third-order valence-corrected chi connectivity index (χ3v) is 5.14. The lowest BCUT2D eigenvalue weighted by atomic mass is 9.96. The van der Waals surface area contributed by atoms with Gasteiger partial charge in [-0.25, -0.2) is 0 Å². The Balaban J connectivity index is 1.58. The molecule has 1 unspecified atom stereocenters. The number of Topliss-reactive ketones (excluding diaryl/α,β-unsaturated/α-hetero) is 1. The first-order valence-corrected chi connectivity index (χ1v) is 9.24. The monoisotopic (exact) mass is 378 g/mol. The number of carbonyl (C=O) groups is 1. The van der Waals surface area contributed by atoms with E-state index >= 15 is 0 Å². The summed E-state index contributed by atoms with van der Waals surface area (Å²) >= 11 is 0. The number of hydrogen-bond donors (Lipinski definition) is 1. The lowest BCUT2D eigenvalue weighted by Gasteiger charge is -2.31. The molecule has 5 atom stereocenters. The molecule has 0 amide bonds. The lowest BCUT2D eigenvalue weighted by Crippen LogP contribution is -2.45. The normalized spacial score (nSPS) is 39.4. The molecule has 7 nitrogen and oxygen atoms in total. The van der Waals surface area contributed by atoms with Crippen LogP contribution in [-0.2, 0) is 23.7 Å². The van der Waals surface area contributed by atoms with Crippen LogP contribution in [-0.4, -0.2) is 59.3 Å². The van der Waals surface area contributed by atoms with E-state index in [2.05, 4.69) is 0 Å². The number of hydrogen-bond acceptors (Lipinski definition) is 7. The molecule has 0 bridgehead atoms. The molecule has 4 rings (SSSR count). The highest BCUT2D eigenvalue weighted by atomic mass is 16.8. The molecular formula is C20H26O7. The van der Waals surface area contributed by atoms with Crippen molar-refractivity contribution in [3.8, 4) is 0 Å². The standard InChI is InChI=1S/C20H26O7/c1-18(2)23-11-14(24-18)15-16-17(27-19(3,4)25-16)20(22,26-15)10-13(21)12-8-6-5-7-9-12/h5-9,14-17,22H,10-11H2,1-4H3/t14-,15+,16-,17-,20?/m1/s1. The van der Waals surface area contributed by atoms with Gasteiger partial charge in [0, 0.05) is 5.56 Å². The predicted molar refractivity (Wildman–Crippen MR) is 93.9 cm³/mol. The number of aliphatic hydroxyl groups is 1. The summed E-state index contributed by atoms with van der Waals surface area (Å²) in [5, 5.41) is 11.2. The molecule has 27 heavy (non-hydrogen) atoms. The Kier molecular flexibility index (Phi) is 4.46. The van der Waals surface area contributed by atoms with Gasteiger partial charge in [0.05, 0.1) is 13.0 Å². The fourth-order valence-electron chi connectivity index (χ4n) is 4.01. The van der Waals surface area contributed by atoms with E-state index in [1.165, 1.54) is 0 Å². The van der Waals surface area contributed by atoms with Gasteiger partial charge in [-0.3, -0.25) is 4.79 Å². The van der Waals surface area contributed by atoms with Crippen LogP contribution >= 0.6 is 0 Å². The van der Waals surface area contributed by atoms with Gasteiger partial charge >= 0.3 is 0 Å². The molecule has 148 valence electrons. The Labute approximate surface area is 158 Å². The van der Waals surface area contributed by atoms with E-state index in [1.807, 2.05) is 19.9 Å². The van der Waals surface area contributed by atoms with Gasteiger partial charge in [-0.1, -0.05) is 30.3 Å². The van der Waals surface area contributed by atoms with Crippen LogP contribution in [0.2, 0.25) is 0 Å². The summed E-state index contributed by atoms with van der Waals surface area (Å²) in [6.07, 6.45) is -2.61. The molecule has 1 N–H and O–H groups in total. The van der Waals surface area contributed by atoms with E-state index < -0.39 is 41.8 Å². The minimum absolute atomic E-state index is 0.227. The zero-order valence-electron chi connectivity index (χ0n) is 16.0. The van der Waals surface area contributed by atoms with Crippen molar-refractivity contribution in [3.05, 3.63) is 35.9 Å². The van der Waals surface area contributed by atoms with Crippen LogP contribution in [0.25, 0.3) is 0 Å². The summed E-state index contributed by atoms with van der Waals surface area (Å²) in [6.45, 7) is 7.50. The predicted octanol–water partition coefficient (Wildman–Crippen LogP) is 2.02. The van der Waals surface area contributed by atoms with Crippen molar-refractivity contribution in [1.29, 1.82) is 0 Å². The Bertz CT molecular complexity index is 716. The van der Waals surface area contributed by atoms with Gasteiger partial charge in [-0.2, -0.15) is 0 Å². The van der Waals surface area contributed by atoms with Crippen LogP contribution in [0.15, 0.2) is 30.3 Å². The molecule has 0 aromatic heterocycles. The average Bonchev–Trinajstić information content (AvgIpc) is 3.19. The topological polar surface area (TPSA) is 83.5 Å². The smallest absolute Gasteiger partial charge is 0.203 e. The molecule has 1 aromatic rings. The Hall–Kier alpha value is -1.35. The van der Waals surface area contributed by atoms with E-state index in [-0.39, 0.29) is 12.2 Å². The fraction of sp³-hybridized carbons (Fsp3) is 0.650. The first-order chi connectivity index (χ1) is 12.6. The van der Waals surface area contributed by atoms with Crippen molar-refractivity contribution in [2.45, 2.75) is 75.9 Å². The largest absolute Gasteiger partial charge is 0.363 e. The molecule has 0 radical (unpaired) electrons. The first kappa shape index (κ1) is 19.0. The van der Waals surface area contributed by atoms with Crippen molar-refractivity contribution in [2.24, 2.45) is 0 Å². The highest BCUT2D eigenvalue weighted by Crippen LogP contribution is 2.47. The Morgan fingerprint density at radius 1 is 1.00 bits per heavy atom. The third-order valence-electron chi connectivity index (χ3n) is 5.14. The number of carbonyl (C=O) groups excluding carboxylic acids is 1. The van der Waals surface area contributed by atoms with E-state index in [9.17, 15) is 9.90 Å². The minimum atomic E-state index is -1.80. The van der Waals surface area contributed by atoms with Gasteiger partial charge in [-0.05, 0) is 27.7 Å². The van der Waals surface area contributed by atoms with E-state index in [0.29, 0.717) is 12.2 Å². The van der Waals surface area contributed by atoms with Crippen molar-refractivity contribution >= 4 is 5.78 Å². The Morgan fingerprint density at radius 2 is 1.70 bits per heavy atom. The molecular weight excluding hydrogens is 352 g/mol. The van der Waals surface area contributed by atoms with Crippen LogP contribution in [0.3, 0.4) is 0 Å². The van der Waals surface area contributed by atoms with Crippen molar-refractivity contribution in [1.82, 2.24) is 0 Å². The number of fused-ring (bicyclic) bond motifs is 1. The highest BCUT2D eigenvalue weighted by molar-refractivity contribution is 5.96. The molecule has 1 aromatic carbocycles. The maximum Gasteiger partial charge on any atom is 0.203 e. The molecule has 7 heteroatoms. The zero-order valence-corrected chi connectivity index (χ0v) is 16.0. The van der Waals surface area contributed by atoms with E-state index in [4.69, 9.17) is 23.7 Å². The van der Waals surface area contributed by atoms with Gasteiger partial charge in [0.15, 0.2) is 17.4 Å². The van der Waals surface area contributed by atoms with Crippen LogP contribution < -0.4 is 0 Å². The highest BCUT2D eigenvalue weighted by Gasteiger charge is 2.65. The van der Waals surface area contributed by atoms with Crippen LogP contribution in [0.1, 0.15) is 44.5 Å². The maximum atomic E-state index is 12.7. The summed E-state index contributed by atoms with van der Waals surface area (Å²) in [4.78, 5) is 12.7. The van der Waals surface area contributed by atoms with E-state index in [0.717, 1.165) is 0 Å². The van der Waals surface area contributed by atoms with E-state index in [1.54, 1.807) is 38.1 Å². The first-order valence-electron chi connectivity index (χ1n) is 9.24. The number of benzene rings is 1. The summed E-state index contributed by atoms with van der Waals surface area (Å²) in [5.41, 5.74) is 0.509. The van der Waals surface area contributed by atoms with Crippen LogP contribution in [0.5, 0.6) is 0 Å². The minimum Gasteiger partial charge on any atom is -0.363 e. The number of ketones is 1. The molecule has 0 saturated carbocycles. The average molecular weight is 378 g/mol. The number of rotatable bonds is 4. The second-order valence-corrected chi connectivity index (χ2v) is 8.28. The SMILES string of the molecule is CC1(C)O[C@@H]2[C@H]([C@H]3COC(C)(C)O3)OC(O)(CC(=O)c3ccccc3)[C@@H]2O1. The van der Waals surface area contributed by atoms with Crippen molar-refractivity contribution in [3.63, 3.8) is 0 Å². The van der Waals surface area contributed by atoms with Crippen molar-refractivity contribution < 1.29 is 33.6 Å². The molecule has 0 spiro atoms. The van der Waals surface area contributed by atoms with Gasteiger partial charge in [0.25, 0.3) is 0 Å². The summed E-state index contributed by atoms with van der Waals surface area (Å²) in [6, 6.07) is 8.81. The molecule has 3 saturated heterocycles. The van der Waals surface area contributed by atoms with Crippen molar-refractivity contribution in [2.75, 3.05) is 6.61 Å². The van der Waals surface area contributed by atoms with Gasteiger partial charge < -0.3 is 28.8 Å². The van der Waals surface area contributed by atoms with Gasteiger partial charge in [0.2, 0.25) is 5.79 Å². The number of ether oxygens (including phenoxy) is 5. The third kappa shape index (κ3) is 3.55. The van der Waals surface area contributed by atoms with Gasteiger partial charge in [-0.15, -0.1) is 0 Å². The molecule has 3 aliphatic heterocycles. The zero-order chi connectivity index (χ0) is 19.4. The molecule has 0 aliphatic carbocycles. The summed E-state index contributed by atoms with van der Waals surface area (Å²) in [7, 11) is 0. The fourth-order valence-corrected chi connectivity index (χ4v) is 4.01. The maximum absolute atomic E-state index is 12.7. The second-order valence-electron chi connectivity index (χ2n) is 8.28. The molecule has 3 fully saturated rings. The lowest BCUT2D eigenvalue weighted by molar-refractivity contribution is -0.282. The summed E-state index contributed by atoms with van der Waals surface area (Å²) < 4.78 is 29.4.